The van der Waals surface area contributed by atoms with E-state index in [1.807, 2.05) is 30.3 Å². The second kappa shape index (κ2) is 6.17. The summed E-state index contributed by atoms with van der Waals surface area (Å²) in [6.45, 7) is 0. The summed E-state index contributed by atoms with van der Waals surface area (Å²) in [5.74, 6) is 1.35. The lowest BCUT2D eigenvalue weighted by Gasteiger charge is -2.21. The Morgan fingerprint density at radius 3 is 2.86 bits per heavy atom. The number of halogens is 2. The molecule has 1 heterocycles. The van der Waals surface area contributed by atoms with E-state index in [9.17, 15) is 0 Å². The SMILES string of the molecule is COc1ccc(Cl)c2c1NC(Nc1ccccc1Br)=NS2. The van der Waals surface area contributed by atoms with Gasteiger partial charge in [0.1, 0.15) is 11.4 Å². The van der Waals surface area contributed by atoms with Gasteiger partial charge in [0.25, 0.3) is 0 Å². The Hall–Kier alpha value is -1.37. The molecule has 0 amide bonds. The molecule has 0 atom stereocenters. The maximum Gasteiger partial charge on any atom is 0.212 e. The number of anilines is 2. The van der Waals surface area contributed by atoms with Crippen molar-refractivity contribution in [1.29, 1.82) is 0 Å². The lowest BCUT2D eigenvalue weighted by Crippen LogP contribution is -2.24. The van der Waals surface area contributed by atoms with Crippen LogP contribution in [0.25, 0.3) is 0 Å². The highest BCUT2D eigenvalue weighted by Crippen LogP contribution is 2.43. The van der Waals surface area contributed by atoms with E-state index in [1.165, 1.54) is 11.9 Å². The van der Waals surface area contributed by atoms with Crippen molar-refractivity contribution in [3.8, 4) is 5.75 Å². The molecule has 0 radical (unpaired) electrons. The van der Waals surface area contributed by atoms with Gasteiger partial charge in [0, 0.05) is 16.4 Å². The van der Waals surface area contributed by atoms with Gasteiger partial charge >= 0.3 is 0 Å². The van der Waals surface area contributed by atoms with Crippen LogP contribution in [-0.2, 0) is 0 Å². The zero-order valence-electron chi connectivity index (χ0n) is 11.0. The zero-order chi connectivity index (χ0) is 14.8. The van der Waals surface area contributed by atoms with Crippen LogP contribution in [0.15, 0.2) is 50.2 Å². The molecule has 7 heteroatoms. The highest BCUT2D eigenvalue weighted by atomic mass is 79.9. The van der Waals surface area contributed by atoms with Crippen LogP contribution in [0.4, 0.5) is 11.4 Å². The summed E-state index contributed by atoms with van der Waals surface area (Å²) >= 11 is 11.0. The Balaban J connectivity index is 1.89. The zero-order valence-corrected chi connectivity index (χ0v) is 14.1. The molecular weight excluding hydrogens is 374 g/mol. The number of para-hydroxylation sites is 1. The number of hydrogen-bond donors (Lipinski definition) is 2. The van der Waals surface area contributed by atoms with Crippen LogP contribution in [-0.4, -0.2) is 13.1 Å². The molecular formula is C14H11BrClN3OS. The van der Waals surface area contributed by atoms with Crippen LogP contribution in [0.1, 0.15) is 0 Å². The lowest BCUT2D eigenvalue weighted by atomic mass is 10.3. The van der Waals surface area contributed by atoms with Crippen LogP contribution < -0.4 is 15.4 Å². The minimum atomic E-state index is 0.625. The topological polar surface area (TPSA) is 45.6 Å². The standard InChI is InChI=1S/C14H11BrClN3OS/c1-20-11-7-6-9(16)13-12(11)18-14(19-21-13)17-10-5-3-2-4-8(10)15/h2-7H,1H3,(H2,17,18,19). The van der Waals surface area contributed by atoms with Gasteiger partial charge in [0.05, 0.1) is 22.7 Å². The third-order valence-corrected chi connectivity index (χ3v) is 4.89. The quantitative estimate of drug-likeness (QED) is 0.714. The molecule has 0 aliphatic carbocycles. The van der Waals surface area contributed by atoms with E-state index < -0.39 is 0 Å². The molecule has 1 aliphatic rings. The van der Waals surface area contributed by atoms with E-state index in [4.69, 9.17) is 16.3 Å². The summed E-state index contributed by atoms with van der Waals surface area (Å²) in [7, 11) is 1.63. The van der Waals surface area contributed by atoms with E-state index in [0.717, 1.165) is 26.5 Å². The first kappa shape index (κ1) is 14.6. The smallest absolute Gasteiger partial charge is 0.212 e. The van der Waals surface area contributed by atoms with Crippen LogP contribution >= 0.6 is 39.5 Å². The van der Waals surface area contributed by atoms with Gasteiger partial charge in [-0.2, -0.15) is 4.40 Å². The maximum atomic E-state index is 6.19. The number of nitrogens with zero attached hydrogens (tertiary/aromatic N) is 1. The Bertz CT molecular complexity index is 723. The summed E-state index contributed by atoms with van der Waals surface area (Å²) in [4.78, 5) is 0.855. The minimum Gasteiger partial charge on any atom is -0.495 e. The monoisotopic (exact) mass is 383 g/mol. The molecule has 0 bridgehead atoms. The van der Waals surface area contributed by atoms with Crippen molar-refractivity contribution in [2.45, 2.75) is 4.90 Å². The normalized spacial score (nSPS) is 13.0. The lowest BCUT2D eigenvalue weighted by molar-refractivity contribution is 0.416. The molecule has 0 saturated carbocycles. The van der Waals surface area contributed by atoms with Gasteiger partial charge in [-0.05, 0) is 40.2 Å². The first-order chi connectivity index (χ1) is 10.2. The second-order valence-electron chi connectivity index (χ2n) is 4.21. The summed E-state index contributed by atoms with van der Waals surface area (Å²) in [5, 5.41) is 7.10. The van der Waals surface area contributed by atoms with Crippen LogP contribution in [0.3, 0.4) is 0 Å². The van der Waals surface area contributed by atoms with Crippen LogP contribution in [0, 0.1) is 0 Å². The third kappa shape index (κ3) is 2.97. The molecule has 2 aromatic carbocycles. The highest BCUT2D eigenvalue weighted by Gasteiger charge is 2.20. The van der Waals surface area contributed by atoms with Crippen molar-refractivity contribution in [3.63, 3.8) is 0 Å². The fourth-order valence-electron chi connectivity index (χ4n) is 1.89. The summed E-state index contributed by atoms with van der Waals surface area (Å²) in [6.07, 6.45) is 0. The van der Waals surface area contributed by atoms with E-state index in [2.05, 4.69) is 31.0 Å². The number of methoxy groups -OCH3 is 1. The Labute approximate surface area is 140 Å². The fraction of sp³-hybridized carbons (Fsp3) is 0.0714. The predicted molar refractivity (Wildman–Crippen MR) is 92.7 cm³/mol. The number of benzene rings is 2. The van der Waals surface area contributed by atoms with Crippen molar-refractivity contribution >= 4 is 56.8 Å². The molecule has 0 spiro atoms. The molecule has 4 nitrogen and oxygen atoms in total. The summed E-state index contributed by atoms with van der Waals surface area (Å²) < 4.78 is 10.7. The first-order valence-corrected chi connectivity index (χ1v) is 8.03. The number of rotatable bonds is 2. The van der Waals surface area contributed by atoms with E-state index in [1.54, 1.807) is 13.2 Å². The molecule has 2 N–H and O–H groups in total. The van der Waals surface area contributed by atoms with Crippen molar-refractivity contribution < 1.29 is 4.74 Å². The van der Waals surface area contributed by atoms with Gasteiger partial charge < -0.3 is 15.4 Å². The first-order valence-electron chi connectivity index (χ1n) is 6.09. The molecule has 108 valence electrons. The second-order valence-corrected chi connectivity index (χ2v) is 6.25. The minimum absolute atomic E-state index is 0.625. The average molecular weight is 385 g/mol. The van der Waals surface area contributed by atoms with Gasteiger partial charge in [-0.1, -0.05) is 23.7 Å². The number of guanidine groups is 1. The maximum absolute atomic E-state index is 6.19. The Morgan fingerprint density at radius 1 is 1.29 bits per heavy atom. The molecule has 0 fully saturated rings. The van der Waals surface area contributed by atoms with Gasteiger partial charge in [0.2, 0.25) is 5.96 Å². The van der Waals surface area contributed by atoms with Crippen molar-refractivity contribution in [2.75, 3.05) is 17.7 Å². The molecule has 2 aromatic rings. The molecule has 0 aromatic heterocycles. The largest absolute Gasteiger partial charge is 0.495 e. The Morgan fingerprint density at radius 2 is 2.10 bits per heavy atom. The van der Waals surface area contributed by atoms with Crippen molar-refractivity contribution in [1.82, 2.24) is 0 Å². The average Bonchev–Trinajstić information content (AvgIpc) is 2.50. The van der Waals surface area contributed by atoms with E-state index in [-0.39, 0.29) is 0 Å². The van der Waals surface area contributed by atoms with Gasteiger partial charge in [-0.15, -0.1) is 0 Å². The molecule has 1 aliphatic heterocycles. The molecule has 3 rings (SSSR count). The van der Waals surface area contributed by atoms with Gasteiger partial charge in [-0.3, -0.25) is 0 Å². The number of fused-ring (bicyclic) bond motifs is 1. The summed E-state index contributed by atoms with van der Waals surface area (Å²) in [5.41, 5.74) is 1.74. The summed E-state index contributed by atoms with van der Waals surface area (Å²) in [6, 6.07) is 11.5. The molecule has 0 unspecified atom stereocenters. The highest BCUT2D eigenvalue weighted by molar-refractivity contribution is 9.10. The molecule has 21 heavy (non-hydrogen) atoms. The van der Waals surface area contributed by atoms with Crippen molar-refractivity contribution in [3.05, 3.63) is 45.9 Å². The van der Waals surface area contributed by atoms with Gasteiger partial charge in [0.15, 0.2) is 0 Å². The van der Waals surface area contributed by atoms with E-state index in [0.29, 0.717) is 11.0 Å². The van der Waals surface area contributed by atoms with Crippen molar-refractivity contribution in [2.24, 2.45) is 4.40 Å². The van der Waals surface area contributed by atoms with Crippen LogP contribution in [0.2, 0.25) is 5.02 Å². The fourth-order valence-corrected chi connectivity index (χ4v) is 3.21. The number of hydrogen-bond acceptors (Lipinski definition) is 5. The number of nitrogens with one attached hydrogen (secondary N) is 2. The Kier molecular flexibility index (Phi) is 4.28. The van der Waals surface area contributed by atoms with E-state index >= 15 is 0 Å². The predicted octanol–water partition coefficient (Wildman–Crippen LogP) is 5.01. The molecule has 0 saturated heterocycles. The van der Waals surface area contributed by atoms with Gasteiger partial charge in [-0.25, -0.2) is 0 Å². The van der Waals surface area contributed by atoms with Crippen LogP contribution in [0.5, 0.6) is 5.75 Å². The number of ether oxygens (including phenoxy) is 1. The third-order valence-electron chi connectivity index (χ3n) is 2.89.